The summed E-state index contributed by atoms with van der Waals surface area (Å²) in [5.74, 6) is 0.200. The van der Waals surface area contributed by atoms with Gasteiger partial charge in [0.05, 0.1) is 0 Å². The lowest BCUT2D eigenvalue weighted by atomic mass is 9.92. The molecule has 1 amide bonds. The van der Waals surface area contributed by atoms with E-state index in [2.05, 4.69) is 19.2 Å². The third-order valence-corrected chi connectivity index (χ3v) is 3.57. The van der Waals surface area contributed by atoms with Crippen molar-refractivity contribution < 1.29 is 9.53 Å². The third kappa shape index (κ3) is 4.16. The number of carbonyl (C=O) groups is 1. The fourth-order valence-electron chi connectivity index (χ4n) is 2.60. The normalized spacial score (nSPS) is 21.1. The summed E-state index contributed by atoms with van der Waals surface area (Å²) < 4.78 is 5.22. The number of ether oxygens (including phenoxy) is 1. The summed E-state index contributed by atoms with van der Waals surface area (Å²) in [5.41, 5.74) is 6.57. The minimum atomic E-state index is -0.463. The van der Waals surface area contributed by atoms with Crippen molar-refractivity contribution in [1.29, 1.82) is 0 Å². The maximum Gasteiger partial charge on any atom is 0.255 e. The molecule has 19 heavy (non-hydrogen) atoms. The Morgan fingerprint density at radius 3 is 2.63 bits per heavy atom. The molecule has 0 heterocycles. The highest BCUT2D eigenvalue weighted by Gasteiger charge is 2.30. The predicted molar refractivity (Wildman–Crippen MR) is 76.2 cm³/mol. The molecule has 4 nitrogen and oxygen atoms in total. The van der Waals surface area contributed by atoms with Gasteiger partial charge in [-0.1, -0.05) is 13.8 Å². The number of hydrogen-bond donors (Lipinski definition) is 2. The lowest BCUT2D eigenvalue weighted by Crippen LogP contribution is -2.20. The molecular weight excluding hydrogens is 240 g/mol. The number of primary amides is 1. The summed E-state index contributed by atoms with van der Waals surface area (Å²) in [4.78, 5) is 10.6. The topological polar surface area (TPSA) is 64.3 Å². The summed E-state index contributed by atoms with van der Waals surface area (Å²) in [5, 5.41) is 3.54. The largest absolute Gasteiger partial charge is 0.484 e. The summed E-state index contributed by atoms with van der Waals surface area (Å²) >= 11 is 0. The molecular formula is C15H22N2O2. The van der Waals surface area contributed by atoms with Gasteiger partial charge >= 0.3 is 0 Å². The molecule has 1 aromatic rings. The van der Waals surface area contributed by atoms with Crippen LogP contribution in [0, 0.1) is 5.41 Å². The highest BCUT2D eigenvalue weighted by molar-refractivity contribution is 5.75. The van der Waals surface area contributed by atoms with Crippen molar-refractivity contribution in [2.75, 3.05) is 11.9 Å². The molecule has 3 N–H and O–H groups in total. The van der Waals surface area contributed by atoms with E-state index in [4.69, 9.17) is 10.5 Å². The highest BCUT2D eigenvalue weighted by atomic mass is 16.5. The second kappa shape index (κ2) is 5.51. The van der Waals surface area contributed by atoms with Gasteiger partial charge in [0.2, 0.25) is 0 Å². The van der Waals surface area contributed by atoms with Crippen LogP contribution in [0.2, 0.25) is 0 Å². The van der Waals surface area contributed by atoms with E-state index < -0.39 is 5.91 Å². The number of nitrogens with one attached hydrogen (secondary N) is 1. The van der Waals surface area contributed by atoms with Crippen LogP contribution in [0.3, 0.4) is 0 Å². The van der Waals surface area contributed by atoms with E-state index in [0.717, 1.165) is 5.69 Å². The Kier molecular flexibility index (Phi) is 3.98. The summed E-state index contributed by atoms with van der Waals surface area (Å²) in [7, 11) is 0. The van der Waals surface area contributed by atoms with Crippen molar-refractivity contribution in [1.82, 2.24) is 0 Å². The summed E-state index contributed by atoms with van der Waals surface area (Å²) in [6.45, 7) is 4.55. The first-order valence-corrected chi connectivity index (χ1v) is 6.72. The first kappa shape index (κ1) is 13.7. The molecule has 1 unspecified atom stereocenters. The van der Waals surface area contributed by atoms with Crippen LogP contribution in [-0.4, -0.2) is 18.6 Å². The van der Waals surface area contributed by atoms with Gasteiger partial charge in [-0.2, -0.15) is 0 Å². The Balaban J connectivity index is 1.87. The van der Waals surface area contributed by atoms with Crippen LogP contribution in [0.4, 0.5) is 5.69 Å². The molecule has 1 aliphatic carbocycles. The summed E-state index contributed by atoms with van der Waals surface area (Å²) in [6, 6.07) is 8.20. The maximum absolute atomic E-state index is 10.6. The second-order valence-electron chi connectivity index (χ2n) is 6.03. The minimum Gasteiger partial charge on any atom is -0.484 e. The van der Waals surface area contributed by atoms with Crippen molar-refractivity contribution >= 4 is 11.6 Å². The van der Waals surface area contributed by atoms with Gasteiger partial charge in [0.15, 0.2) is 6.61 Å². The molecule has 1 atom stereocenters. The zero-order valence-corrected chi connectivity index (χ0v) is 11.6. The fraction of sp³-hybridized carbons (Fsp3) is 0.533. The van der Waals surface area contributed by atoms with Gasteiger partial charge in [0.25, 0.3) is 5.91 Å². The van der Waals surface area contributed by atoms with Crippen molar-refractivity contribution in [2.45, 2.75) is 39.2 Å². The molecule has 0 spiro atoms. The van der Waals surface area contributed by atoms with E-state index in [-0.39, 0.29) is 6.61 Å². The van der Waals surface area contributed by atoms with Crippen LogP contribution in [0.1, 0.15) is 33.1 Å². The Hall–Kier alpha value is -1.71. The van der Waals surface area contributed by atoms with Crippen LogP contribution >= 0.6 is 0 Å². The molecule has 1 aromatic carbocycles. The van der Waals surface area contributed by atoms with E-state index in [9.17, 15) is 4.79 Å². The fourth-order valence-corrected chi connectivity index (χ4v) is 2.60. The van der Waals surface area contributed by atoms with E-state index in [1.807, 2.05) is 24.3 Å². The number of rotatable bonds is 5. The van der Waals surface area contributed by atoms with E-state index in [1.54, 1.807) is 0 Å². The van der Waals surface area contributed by atoms with Crippen LogP contribution in [-0.2, 0) is 4.79 Å². The Morgan fingerprint density at radius 2 is 2.11 bits per heavy atom. The number of carbonyl (C=O) groups excluding carboxylic acids is 1. The summed E-state index contributed by atoms with van der Waals surface area (Å²) in [6.07, 6.45) is 3.68. The Labute approximate surface area is 114 Å². The smallest absolute Gasteiger partial charge is 0.255 e. The van der Waals surface area contributed by atoms with Gasteiger partial charge in [-0.3, -0.25) is 4.79 Å². The lowest BCUT2D eigenvalue weighted by molar-refractivity contribution is -0.119. The molecule has 1 aliphatic rings. The average molecular weight is 262 g/mol. The van der Waals surface area contributed by atoms with Crippen molar-refractivity contribution in [3.63, 3.8) is 0 Å². The maximum atomic E-state index is 10.6. The molecule has 0 aliphatic heterocycles. The van der Waals surface area contributed by atoms with Gasteiger partial charge in [-0.25, -0.2) is 0 Å². The first-order chi connectivity index (χ1) is 8.94. The molecule has 1 saturated carbocycles. The average Bonchev–Trinajstić information content (AvgIpc) is 2.68. The van der Waals surface area contributed by atoms with Gasteiger partial charge < -0.3 is 15.8 Å². The molecule has 0 saturated heterocycles. The number of hydrogen-bond acceptors (Lipinski definition) is 3. The first-order valence-electron chi connectivity index (χ1n) is 6.72. The van der Waals surface area contributed by atoms with Crippen molar-refractivity contribution in [3.05, 3.63) is 24.3 Å². The number of benzene rings is 1. The molecule has 0 bridgehead atoms. The van der Waals surface area contributed by atoms with Crippen molar-refractivity contribution in [2.24, 2.45) is 11.1 Å². The zero-order chi connectivity index (χ0) is 13.9. The quantitative estimate of drug-likeness (QED) is 0.857. The van der Waals surface area contributed by atoms with Crippen LogP contribution in [0.25, 0.3) is 0 Å². The SMILES string of the molecule is CC1(C)CCC(Nc2ccc(OCC(N)=O)cc2)C1. The van der Waals surface area contributed by atoms with Gasteiger partial charge in [-0.15, -0.1) is 0 Å². The van der Waals surface area contributed by atoms with E-state index in [0.29, 0.717) is 17.2 Å². The molecule has 4 heteroatoms. The Morgan fingerprint density at radius 1 is 1.42 bits per heavy atom. The molecule has 1 fully saturated rings. The number of anilines is 1. The molecule has 104 valence electrons. The second-order valence-corrected chi connectivity index (χ2v) is 6.03. The van der Waals surface area contributed by atoms with Gasteiger partial charge in [0, 0.05) is 11.7 Å². The highest BCUT2D eigenvalue weighted by Crippen LogP contribution is 2.38. The predicted octanol–water partition coefficient (Wildman–Crippen LogP) is 2.54. The van der Waals surface area contributed by atoms with Gasteiger partial charge in [-0.05, 0) is 48.9 Å². The molecule has 2 rings (SSSR count). The minimum absolute atomic E-state index is 0.0798. The van der Waals surface area contributed by atoms with E-state index >= 15 is 0 Å². The van der Waals surface area contributed by atoms with Gasteiger partial charge in [0.1, 0.15) is 5.75 Å². The molecule has 0 radical (unpaired) electrons. The standard InChI is InChI=1S/C15H22N2O2/c1-15(2)8-7-12(9-15)17-11-3-5-13(6-4-11)19-10-14(16)18/h3-6,12,17H,7-10H2,1-2H3,(H2,16,18). The Bertz CT molecular complexity index is 440. The monoisotopic (exact) mass is 262 g/mol. The van der Waals surface area contributed by atoms with Crippen LogP contribution in [0.15, 0.2) is 24.3 Å². The van der Waals surface area contributed by atoms with Crippen molar-refractivity contribution in [3.8, 4) is 5.75 Å². The third-order valence-electron chi connectivity index (χ3n) is 3.57. The lowest BCUT2D eigenvalue weighted by Gasteiger charge is -2.18. The van der Waals surface area contributed by atoms with E-state index in [1.165, 1.54) is 19.3 Å². The zero-order valence-electron chi connectivity index (χ0n) is 11.6. The number of amides is 1. The van der Waals surface area contributed by atoms with Crippen LogP contribution in [0.5, 0.6) is 5.75 Å². The number of nitrogens with two attached hydrogens (primary N) is 1. The van der Waals surface area contributed by atoms with Crippen LogP contribution < -0.4 is 15.8 Å². The molecule has 0 aromatic heterocycles.